The summed E-state index contributed by atoms with van der Waals surface area (Å²) in [5.41, 5.74) is 0. The van der Waals surface area contributed by atoms with E-state index in [1.165, 1.54) is 4.90 Å². The zero-order valence-electron chi connectivity index (χ0n) is 7.34. The lowest BCUT2D eigenvalue weighted by Gasteiger charge is -1.99. The van der Waals surface area contributed by atoms with Crippen molar-refractivity contribution in [2.75, 3.05) is 0 Å². The van der Waals surface area contributed by atoms with Gasteiger partial charge in [-0.05, 0) is 12.1 Å². The molecule has 13 heavy (non-hydrogen) atoms. The first kappa shape index (κ1) is 8.38. The van der Waals surface area contributed by atoms with Gasteiger partial charge in [-0.2, -0.15) is 0 Å². The molecule has 3 heteroatoms. The van der Waals surface area contributed by atoms with Crippen LogP contribution in [0.3, 0.4) is 0 Å². The fourth-order valence-corrected chi connectivity index (χ4v) is 1.87. The van der Waals surface area contributed by atoms with Gasteiger partial charge in [0.2, 0.25) is 0 Å². The van der Waals surface area contributed by atoms with Gasteiger partial charge in [0.1, 0.15) is 0 Å². The average molecular weight is 190 g/mol. The Hall–Kier alpha value is -1.22. The molecule has 66 valence electrons. The fraction of sp³-hybridized carbons (Fsp3) is 0.100. The number of hydrogen-bond donors (Lipinski definition) is 0. The van der Waals surface area contributed by atoms with E-state index >= 15 is 0 Å². The molecule has 0 bridgehead atoms. The molecule has 0 atom stereocenters. The molecule has 0 radical (unpaired) electrons. The molecule has 0 N–H and O–H groups in total. The van der Waals surface area contributed by atoms with Gasteiger partial charge in [0.15, 0.2) is 5.16 Å². The third kappa shape index (κ3) is 1.92. The molecule has 0 saturated heterocycles. The molecule has 2 nitrogen and oxygen atoms in total. The van der Waals surface area contributed by atoms with Crippen molar-refractivity contribution < 1.29 is 0 Å². The van der Waals surface area contributed by atoms with Gasteiger partial charge in [-0.1, -0.05) is 30.0 Å². The van der Waals surface area contributed by atoms with Crippen molar-refractivity contribution in [1.29, 1.82) is 0 Å². The molecule has 2 rings (SSSR count). The van der Waals surface area contributed by atoms with Gasteiger partial charge in [-0.25, -0.2) is 4.98 Å². The van der Waals surface area contributed by atoms with Crippen molar-refractivity contribution in [3.8, 4) is 0 Å². The SMILES string of the molecule is Cn1ccnc1Sc1ccccc1. The Morgan fingerprint density at radius 1 is 1.23 bits per heavy atom. The second kappa shape index (κ2) is 3.66. The topological polar surface area (TPSA) is 17.8 Å². The Kier molecular flexibility index (Phi) is 2.36. The standard InChI is InChI=1S/C10H10N2S/c1-12-8-7-11-10(12)13-9-5-3-2-4-6-9/h2-8H,1H3. The number of imidazole rings is 1. The average Bonchev–Trinajstić information content (AvgIpc) is 2.54. The second-order valence-corrected chi connectivity index (χ2v) is 3.78. The number of rotatable bonds is 2. The van der Waals surface area contributed by atoms with Crippen molar-refractivity contribution in [3.05, 3.63) is 42.7 Å². The van der Waals surface area contributed by atoms with Crippen LogP contribution in [-0.4, -0.2) is 9.55 Å². The van der Waals surface area contributed by atoms with Crippen molar-refractivity contribution in [2.24, 2.45) is 7.05 Å². The Bertz CT molecular complexity index is 381. The Morgan fingerprint density at radius 3 is 2.62 bits per heavy atom. The zero-order chi connectivity index (χ0) is 9.10. The first-order valence-electron chi connectivity index (χ1n) is 4.06. The molecule has 1 aromatic heterocycles. The summed E-state index contributed by atoms with van der Waals surface area (Å²) in [7, 11) is 2.00. The third-order valence-electron chi connectivity index (χ3n) is 1.73. The van der Waals surface area contributed by atoms with Gasteiger partial charge in [0, 0.05) is 24.3 Å². The van der Waals surface area contributed by atoms with E-state index in [0.29, 0.717) is 0 Å². The molecular weight excluding hydrogens is 180 g/mol. The summed E-state index contributed by atoms with van der Waals surface area (Å²) in [4.78, 5) is 5.46. The van der Waals surface area contributed by atoms with E-state index < -0.39 is 0 Å². The van der Waals surface area contributed by atoms with Gasteiger partial charge in [-0.3, -0.25) is 0 Å². The minimum Gasteiger partial charge on any atom is -0.329 e. The van der Waals surface area contributed by atoms with Crippen LogP contribution in [0.25, 0.3) is 0 Å². The van der Waals surface area contributed by atoms with Crippen molar-refractivity contribution in [3.63, 3.8) is 0 Å². The molecule has 0 unspecified atom stereocenters. The monoisotopic (exact) mass is 190 g/mol. The Labute approximate surface area is 81.6 Å². The highest BCUT2D eigenvalue weighted by atomic mass is 32.2. The van der Waals surface area contributed by atoms with Crippen LogP contribution < -0.4 is 0 Å². The molecule has 2 aromatic rings. The lowest BCUT2D eigenvalue weighted by atomic mass is 10.4. The normalized spacial score (nSPS) is 10.2. The number of aryl methyl sites for hydroxylation is 1. The molecule has 0 aliphatic carbocycles. The van der Waals surface area contributed by atoms with E-state index in [1.54, 1.807) is 11.8 Å². The number of aromatic nitrogens is 2. The molecular formula is C10H10N2S. The lowest BCUT2D eigenvalue weighted by molar-refractivity contribution is 0.790. The number of benzene rings is 1. The van der Waals surface area contributed by atoms with Crippen LogP contribution in [-0.2, 0) is 7.05 Å². The van der Waals surface area contributed by atoms with E-state index in [2.05, 4.69) is 17.1 Å². The first-order valence-corrected chi connectivity index (χ1v) is 4.88. The fourth-order valence-electron chi connectivity index (χ4n) is 1.04. The first-order chi connectivity index (χ1) is 6.36. The predicted molar refractivity (Wildman–Crippen MR) is 53.8 cm³/mol. The summed E-state index contributed by atoms with van der Waals surface area (Å²) in [6, 6.07) is 10.2. The van der Waals surface area contributed by atoms with E-state index in [9.17, 15) is 0 Å². The van der Waals surface area contributed by atoms with Gasteiger partial charge in [0.25, 0.3) is 0 Å². The van der Waals surface area contributed by atoms with Crippen LogP contribution in [0.5, 0.6) is 0 Å². The Balaban J connectivity index is 2.20. The zero-order valence-corrected chi connectivity index (χ0v) is 8.16. The van der Waals surface area contributed by atoms with Gasteiger partial charge in [0.05, 0.1) is 0 Å². The molecule has 0 fully saturated rings. The maximum atomic E-state index is 4.24. The summed E-state index contributed by atoms with van der Waals surface area (Å²) in [5, 5.41) is 1.02. The van der Waals surface area contributed by atoms with E-state index in [-0.39, 0.29) is 0 Å². The molecule has 0 spiro atoms. The van der Waals surface area contributed by atoms with Crippen molar-refractivity contribution in [1.82, 2.24) is 9.55 Å². The van der Waals surface area contributed by atoms with E-state index in [0.717, 1.165) is 5.16 Å². The highest BCUT2D eigenvalue weighted by Crippen LogP contribution is 2.24. The minimum absolute atomic E-state index is 1.02. The van der Waals surface area contributed by atoms with E-state index in [4.69, 9.17) is 0 Å². The molecule has 0 aliphatic rings. The summed E-state index contributed by atoms with van der Waals surface area (Å²) in [5.74, 6) is 0. The van der Waals surface area contributed by atoms with Crippen LogP contribution in [0.2, 0.25) is 0 Å². The van der Waals surface area contributed by atoms with Crippen molar-refractivity contribution in [2.45, 2.75) is 10.1 Å². The number of hydrogen-bond acceptors (Lipinski definition) is 2. The summed E-state index contributed by atoms with van der Waals surface area (Å²) >= 11 is 1.67. The maximum Gasteiger partial charge on any atom is 0.172 e. The van der Waals surface area contributed by atoms with Crippen molar-refractivity contribution >= 4 is 11.8 Å². The molecule has 1 aromatic carbocycles. The van der Waals surface area contributed by atoms with Gasteiger partial charge < -0.3 is 4.57 Å². The van der Waals surface area contributed by atoms with Crippen LogP contribution in [0.1, 0.15) is 0 Å². The highest BCUT2D eigenvalue weighted by Gasteiger charge is 2.00. The molecule has 0 saturated carbocycles. The third-order valence-corrected chi connectivity index (χ3v) is 2.81. The van der Waals surface area contributed by atoms with Crippen LogP contribution >= 0.6 is 11.8 Å². The molecule has 0 aliphatic heterocycles. The van der Waals surface area contributed by atoms with E-state index in [1.807, 2.05) is 42.2 Å². The molecule has 1 heterocycles. The maximum absolute atomic E-state index is 4.24. The largest absolute Gasteiger partial charge is 0.329 e. The highest BCUT2D eigenvalue weighted by molar-refractivity contribution is 7.99. The van der Waals surface area contributed by atoms with Gasteiger partial charge >= 0.3 is 0 Å². The lowest BCUT2D eigenvalue weighted by Crippen LogP contribution is -1.87. The molecule has 0 amide bonds. The Morgan fingerprint density at radius 2 is 2.00 bits per heavy atom. The quantitative estimate of drug-likeness (QED) is 0.724. The minimum atomic E-state index is 1.02. The summed E-state index contributed by atoms with van der Waals surface area (Å²) in [6.07, 6.45) is 3.76. The number of nitrogens with zero attached hydrogens (tertiary/aromatic N) is 2. The summed E-state index contributed by atoms with van der Waals surface area (Å²) < 4.78 is 2.01. The smallest absolute Gasteiger partial charge is 0.172 e. The summed E-state index contributed by atoms with van der Waals surface area (Å²) in [6.45, 7) is 0. The van der Waals surface area contributed by atoms with Crippen LogP contribution in [0, 0.1) is 0 Å². The predicted octanol–water partition coefficient (Wildman–Crippen LogP) is 2.57. The second-order valence-electron chi connectivity index (χ2n) is 2.74. The van der Waals surface area contributed by atoms with Crippen LogP contribution in [0.4, 0.5) is 0 Å². The van der Waals surface area contributed by atoms with Crippen LogP contribution in [0.15, 0.2) is 52.8 Å². The van der Waals surface area contributed by atoms with Gasteiger partial charge in [-0.15, -0.1) is 0 Å².